The Hall–Kier alpha value is -1.39. The molecule has 0 amide bonds. The molecule has 2 heterocycles. The first-order chi connectivity index (χ1) is 9.20. The minimum Gasteiger partial charge on any atom is -0.461 e. The summed E-state index contributed by atoms with van der Waals surface area (Å²) in [5, 5.41) is 1.31. The Bertz CT molecular complexity index is 560. The number of fused-ring (bicyclic) bond motifs is 1. The summed E-state index contributed by atoms with van der Waals surface area (Å²) in [5.41, 5.74) is 0. The Balaban J connectivity index is 1.62. The van der Waals surface area contributed by atoms with Crippen LogP contribution >= 0.6 is 11.3 Å². The Kier molecular flexibility index (Phi) is 3.53. The van der Waals surface area contributed by atoms with Gasteiger partial charge in [0.2, 0.25) is 0 Å². The molecule has 0 spiro atoms. The summed E-state index contributed by atoms with van der Waals surface area (Å²) >= 11 is 1.83. The fourth-order valence-corrected chi connectivity index (χ4v) is 3.65. The molecule has 1 unspecified atom stereocenters. The zero-order valence-electron chi connectivity index (χ0n) is 11.0. The van der Waals surface area contributed by atoms with Gasteiger partial charge in [-0.2, -0.15) is 0 Å². The topological polar surface area (TPSA) is 29.5 Å². The second kappa shape index (κ2) is 5.31. The first kappa shape index (κ1) is 12.6. The third-order valence-corrected chi connectivity index (χ3v) is 4.49. The lowest BCUT2D eigenvalue weighted by Crippen LogP contribution is -2.28. The molecule has 1 atom stereocenters. The quantitative estimate of drug-likeness (QED) is 0.803. The molecule has 2 aromatic rings. The van der Waals surface area contributed by atoms with Crippen molar-refractivity contribution in [2.75, 3.05) is 13.6 Å². The maximum absolute atomic E-state index is 11.1. The molecule has 0 radical (unpaired) electrons. The molecule has 1 fully saturated rings. The van der Waals surface area contributed by atoms with E-state index in [1.165, 1.54) is 15.0 Å². The van der Waals surface area contributed by atoms with E-state index in [9.17, 15) is 4.79 Å². The first-order valence-electron chi connectivity index (χ1n) is 6.56. The van der Waals surface area contributed by atoms with Gasteiger partial charge in [-0.3, -0.25) is 9.69 Å². The number of esters is 1. The summed E-state index contributed by atoms with van der Waals surface area (Å²) in [6, 6.07) is 10.7. The summed E-state index contributed by atoms with van der Waals surface area (Å²) in [4.78, 5) is 14.7. The molecular formula is C15H17NO2S. The minimum atomic E-state index is -0.0553. The maximum Gasteiger partial charge on any atom is 0.306 e. The van der Waals surface area contributed by atoms with Crippen molar-refractivity contribution in [2.45, 2.75) is 25.5 Å². The van der Waals surface area contributed by atoms with Crippen molar-refractivity contribution in [3.05, 3.63) is 35.2 Å². The molecule has 3 nitrogen and oxygen atoms in total. The van der Waals surface area contributed by atoms with E-state index in [-0.39, 0.29) is 12.1 Å². The fourth-order valence-electron chi connectivity index (χ4n) is 2.50. The second-order valence-corrected chi connectivity index (χ2v) is 6.27. The van der Waals surface area contributed by atoms with Gasteiger partial charge in [0.1, 0.15) is 6.10 Å². The monoisotopic (exact) mass is 275 g/mol. The number of ether oxygens (including phenoxy) is 1. The second-order valence-electron chi connectivity index (χ2n) is 5.10. The molecule has 1 saturated heterocycles. The molecule has 19 heavy (non-hydrogen) atoms. The maximum atomic E-state index is 11.1. The van der Waals surface area contributed by atoms with E-state index < -0.39 is 0 Å². The molecular weight excluding hydrogens is 258 g/mol. The van der Waals surface area contributed by atoms with Crippen LogP contribution in [0.25, 0.3) is 10.1 Å². The summed E-state index contributed by atoms with van der Waals surface area (Å²) in [5.74, 6) is -0.0553. The molecule has 100 valence electrons. The van der Waals surface area contributed by atoms with Crippen LogP contribution in [0.15, 0.2) is 30.3 Å². The van der Waals surface area contributed by atoms with E-state index in [1.54, 1.807) is 0 Å². The Labute approximate surface area is 116 Å². The standard InChI is InChI=1S/C15H17NO2S/c1-16(9-12-6-7-15(17)18-12)10-13-8-11-4-2-3-5-14(11)19-13/h2-5,8,12H,6-7,9-10H2,1H3. The van der Waals surface area contributed by atoms with Crippen LogP contribution in [0.1, 0.15) is 17.7 Å². The molecule has 0 saturated carbocycles. The van der Waals surface area contributed by atoms with Gasteiger partial charge in [0, 0.05) is 29.1 Å². The minimum absolute atomic E-state index is 0.0553. The third kappa shape index (κ3) is 2.96. The Morgan fingerprint density at radius 2 is 2.26 bits per heavy atom. The number of rotatable bonds is 4. The highest BCUT2D eigenvalue weighted by molar-refractivity contribution is 7.19. The van der Waals surface area contributed by atoms with E-state index in [2.05, 4.69) is 42.3 Å². The highest BCUT2D eigenvalue weighted by Gasteiger charge is 2.24. The number of thiophene rings is 1. The van der Waals surface area contributed by atoms with Gasteiger partial charge in [-0.25, -0.2) is 0 Å². The van der Waals surface area contributed by atoms with E-state index >= 15 is 0 Å². The Morgan fingerprint density at radius 1 is 1.42 bits per heavy atom. The molecule has 4 heteroatoms. The Morgan fingerprint density at radius 3 is 3.00 bits per heavy atom. The van der Waals surface area contributed by atoms with Crippen LogP contribution < -0.4 is 0 Å². The average Bonchev–Trinajstić information content (AvgIpc) is 2.94. The van der Waals surface area contributed by atoms with Crippen LogP contribution in [-0.2, 0) is 16.1 Å². The van der Waals surface area contributed by atoms with Crippen molar-refractivity contribution < 1.29 is 9.53 Å². The predicted molar refractivity (Wildman–Crippen MR) is 77.3 cm³/mol. The van der Waals surface area contributed by atoms with E-state index in [0.717, 1.165) is 19.5 Å². The predicted octanol–water partition coefficient (Wildman–Crippen LogP) is 3.04. The van der Waals surface area contributed by atoms with Crippen molar-refractivity contribution in [1.29, 1.82) is 0 Å². The van der Waals surface area contributed by atoms with Crippen molar-refractivity contribution in [3.8, 4) is 0 Å². The lowest BCUT2D eigenvalue weighted by atomic mass is 10.2. The van der Waals surface area contributed by atoms with Crippen molar-refractivity contribution in [2.24, 2.45) is 0 Å². The molecule has 0 aliphatic carbocycles. The van der Waals surface area contributed by atoms with Gasteiger partial charge in [-0.05, 0) is 31.0 Å². The molecule has 3 rings (SSSR count). The van der Waals surface area contributed by atoms with Gasteiger partial charge in [0.15, 0.2) is 0 Å². The van der Waals surface area contributed by atoms with Gasteiger partial charge in [0.05, 0.1) is 0 Å². The number of hydrogen-bond donors (Lipinski definition) is 0. The molecule has 0 N–H and O–H groups in total. The lowest BCUT2D eigenvalue weighted by molar-refractivity contribution is -0.141. The van der Waals surface area contributed by atoms with Gasteiger partial charge in [-0.1, -0.05) is 18.2 Å². The highest BCUT2D eigenvalue weighted by atomic mass is 32.1. The lowest BCUT2D eigenvalue weighted by Gasteiger charge is -2.19. The molecule has 1 aliphatic rings. The number of hydrogen-bond acceptors (Lipinski definition) is 4. The molecule has 1 aliphatic heterocycles. The number of nitrogens with zero attached hydrogens (tertiary/aromatic N) is 1. The van der Waals surface area contributed by atoms with Crippen molar-refractivity contribution in [1.82, 2.24) is 4.90 Å². The summed E-state index contributed by atoms with van der Waals surface area (Å²) in [7, 11) is 2.08. The number of cyclic esters (lactones) is 1. The molecule has 0 bridgehead atoms. The third-order valence-electron chi connectivity index (χ3n) is 3.39. The van der Waals surface area contributed by atoms with Crippen LogP contribution in [0, 0.1) is 0 Å². The van der Waals surface area contributed by atoms with Crippen molar-refractivity contribution >= 4 is 27.4 Å². The highest BCUT2D eigenvalue weighted by Crippen LogP contribution is 2.26. The van der Waals surface area contributed by atoms with E-state index in [4.69, 9.17) is 4.74 Å². The summed E-state index contributed by atoms with van der Waals surface area (Å²) < 4.78 is 6.58. The molecule has 1 aromatic heterocycles. The van der Waals surface area contributed by atoms with Crippen LogP contribution in [-0.4, -0.2) is 30.6 Å². The summed E-state index contributed by atoms with van der Waals surface area (Å²) in [6.45, 7) is 1.73. The fraction of sp³-hybridized carbons (Fsp3) is 0.400. The van der Waals surface area contributed by atoms with Crippen LogP contribution in [0.4, 0.5) is 0 Å². The van der Waals surface area contributed by atoms with E-state index in [0.29, 0.717) is 6.42 Å². The van der Waals surface area contributed by atoms with Gasteiger partial charge in [0.25, 0.3) is 0 Å². The number of likely N-dealkylation sites (N-methyl/N-ethyl adjacent to an activating group) is 1. The number of carbonyl (C=O) groups is 1. The number of carbonyl (C=O) groups excluding carboxylic acids is 1. The van der Waals surface area contributed by atoms with Gasteiger partial charge in [-0.15, -0.1) is 11.3 Å². The van der Waals surface area contributed by atoms with Crippen LogP contribution in [0.3, 0.4) is 0 Å². The van der Waals surface area contributed by atoms with Crippen LogP contribution in [0.5, 0.6) is 0 Å². The van der Waals surface area contributed by atoms with E-state index in [1.807, 2.05) is 11.3 Å². The zero-order chi connectivity index (χ0) is 13.2. The normalized spacial score (nSPS) is 19.3. The zero-order valence-corrected chi connectivity index (χ0v) is 11.8. The number of benzene rings is 1. The average molecular weight is 275 g/mol. The largest absolute Gasteiger partial charge is 0.461 e. The van der Waals surface area contributed by atoms with Crippen LogP contribution in [0.2, 0.25) is 0 Å². The molecule has 1 aromatic carbocycles. The SMILES string of the molecule is CN(Cc1cc2ccccc2s1)CC1CCC(=O)O1. The van der Waals surface area contributed by atoms with Crippen molar-refractivity contribution in [3.63, 3.8) is 0 Å². The van der Waals surface area contributed by atoms with Gasteiger partial charge < -0.3 is 4.74 Å². The van der Waals surface area contributed by atoms with Gasteiger partial charge >= 0.3 is 5.97 Å². The smallest absolute Gasteiger partial charge is 0.306 e. The first-order valence-corrected chi connectivity index (χ1v) is 7.38. The summed E-state index contributed by atoms with van der Waals surface area (Å²) in [6.07, 6.45) is 1.50.